The van der Waals surface area contributed by atoms with Gasteiger partial charge < -0.3 is 11.1 Å². The summed E-state index contributed by atoms with van der Waals surface area (Å²) in [6.07, 6.45) is 7.62. The predicted octanol–water partition coefficient (Wildman–Crippen LogP) is 2.64. The normalized spacial score (nSPS) is 22.7. The first-order valence-electron chi connectivity index (χ1n) is 7.79. The van der Waals surface area contributed by atoms with Crippen LogP contribution in [0.1, 0.15) is 68.6 Å². The third-order valence-corrected chi connectivity index (χ3v) is 4.29. The third kappa shape index (κ3) is 3.32. The number of aromatic nitrogens is 2. The molecule has 0 bridgehead atoms. The van der Waals surface area contributed by atoms with Gasteiger partial charge in [-0.25, -0.2) is 0 Å². The van der Waals surface area contributed by atoms with Crippen molar-refractivity contribution in [3.63, 3.8) is 0 Å². The highest BCUT2D eigenvalue weighted by atomic mass is 16.2. The molecule has 0 radical (unpaired) electrons. The van der Waals surface area contributed by atoms with Crippen LogP contribution in [0, 0.1) is 5.92 Å². The highest BCUT2D eigenvalue weighted by Gasteiger charge is 2.24. The summed E-state index contributed by atoms with van der Waals surface area (Å²) >= 11 is 0. The largest absolute Gasteiger partial charge is 0.395 e. The summed E-state index contributed by atoms with van der Waals surface area (Å²) in [6.45, 7) is 4.30. The van der Waals surface area contributed by atoms with Gasteiger partial charge in [0.2, 0.25) is 0 Å². The number of H-pyrrole nitrogens is 1. The Kier molecular flexibility index (Phi) is 5.04. The van der Waals surface area contributed by atoms with E-state index in [9.17, 15) is 4.79 Å². The summed E-state index contributed by atoms with van der Waals surface area (Å²) in [5.41, 5.74) is 7.72. The second-order valence-electron chi connectivity index (χ2n) is 5.83. The summed E-state index contributed by atoms with van der Waals surface area (Å²) in [5.74, 6) is 0.601. The summed E-state index contributed by atoms with van der Waals surface area (Å²) in [5, 5.41) is 10.0. The zero-order valence-corrected chi connectivity index (χ0v) is 12.5. The lowest BCUT2D eigenvalue weighted by Crippen LogP contribution is -2.38. The van der Waals surface area contributed by atoms with Gasteiger partial charge in [-0.3, -0.25) is 9.89 Å². The number of rotatable bonds is 5. The lowest BCUT2D eigenvalue weighted by molar-refractivity contribution is 0.0915. The molecule has 5 heteroatoms. The van der Waals surface area contributed by atoms with E-state index < -0.39 is 0 Å². The van der Waals surface area contributed by atoms with Crippen molar-refractivity contribution in [2.24, 2.45) is 5.92 Å². The Labute approximate surface area is 120 Å². The molecule has 112 valence electrons. The maximum atomic E-state index is 12.3. The van der Waals surface area contributed by atoms with Crippen LogP contribution < -0.4 is 11.1 Å². The predicted molar refractivity (Wildman–Crippen MR) is 80.5 cm³/mol. The standard InChI is InChI=1S/C15H26N4O/c1-3-6-12-13(16)14(19-18-12)15(20)17-11-8-5-7-10(4-2)9-11/h10-11H,3-9,16H2,1-2H3,(H,17,20)(H,18,19). The fourth-order valence-electron chi connectivity index (χ4n) is 3.05. The molecular weight excluding hydrogens is 252 g/mol. The van der Waals surface area contributed by atoms with Crippen LogP contribution >= 0.6 is 0 Å². The molecule has 1 aliphatic carbocycles. The summed E-state index contributed by atoms with van der Waals surface area (Å²) < 4.78 is 0. The topological polar surface area (TPSA) is 83.8 Å². The van der Waals surface area contributed by atoms with Gasteiger partial charge in [0.1, 0.15) is 0 Å². The number of carbonyl (C=O) groups excluding carboxylic acids is 1. The number of nitrogens with zero attached hydrogens (tertiary/aromatic N) is 1. The molecule has 1 aliphatic rings. The number of anilines is 1. The second-order valence-corrected chi connectivity index (χ2v) is 5.83. The molecule has 2 rings (SSSR count). The highest BCUT2D eigenvalue weighted by molar-refractivity contribution is 5.97. The minimum Gasteiger partial charge on any atom is -0.395 e. The van der Waals surface area contributed by atoms with E-state index in [0.29, 0.717) is 11.4 Å². The summed E-state index contributed by atoms with van der Waals surface area (Å²) in [7, 11) is 0. The van der Waals surface area contributed by atoms with E-state index in [2.05, 4.69) is 29.4 Å². The monoisotopic (exact) mass is 278 g/mol. The average Bonchev–Trinajstić information content (AvgIpc) is 2.81. The number of carbonyl (C=O) groups is 1. The van der Waals surface area contributed by atoms with Crippen LogP contribution in [0.2, 0.25) is 0 Å². The average molecular weight is 278 g/mol. The lowest BCUT2D eigenvalue weighted by Gasteiger charge is -2.28. The van der Waals surface area contributed by atoms with Crippen molar-refractivity contribution >= 4 is 11.6 Å². The maximum Gasteiger partial charge on any atom is 0.274 e. The molecule has 5 nitrogen and oxygen atoms in total. The number of hydrogen-bond donors (Lipinski definition) is 3. The number of hydrogen-bond acceptors (Lipinski definition) is 3. The highest BCUT2D eigenvalue weighted by Crippen LogP contribution is 2.27. The van der Waals surface area contributed by atoms with Crippen molar-refractivity contribution in [3.05, 3.63) is 11.4 Å². The molecule has 1 saturated carbocycles. The number of aryl methyl sites for hydroxylation is 1. The molecule has 4 N–H and O–H groups in total. The van der Waals surface area contributed by atoms with E-state index in [4.69, 9.17) is 5.73 Å². The first-order valence-corrected chi connectivity index (χ1v) is 7.79. The van der Waals surface area contributed by atoms with Gasteiger partial charge in [-0.05, 0) is 25.2 Å². The van der Waals surface area contributed by atoms with E-state index in [-0.39, 0.29) is 11.9 Å². The number of amides is 1. The Bertz CT molecular complexity index is 455. The number of nitrogen functional groups attached to an aromatic ring is 1. The maximum absolute atomic E-state index is 12.3. The molecule has 1 aromatic rings. The van der Waals surface area contributed by atoms with Crippen molar-refractivity contribution in [1.82, 2.24) is 15.5 Å². The minimum atomic E-state index is -0.136. The van der Waals surface area contributed by atoms with E-state index in [1.165, 1.54) is 19.3 Å². The molecule has 1 amide bonds. The van der Waals surface area contributed by atoms with E-state index in [1.54, 1.807) is 0 Å². The molecule has 2 unspecified atom stereocenters. The quantitative estimate of drug-likeness (QED) is 0.774. The Morgan fingerprint density at radius 3 is 2.95 bits per heavy atom. The fraction of sp³-hybridized carbons (Fsp3) is 0.733. The lowest BCUT2D eigenvalue weighted by atomic mass is 9.84. The zero-order chi connectivity index (χ0) is 14.5. The summed E-state index contributed by atoms with van der Waals surface area (Å²) in [6, 6.07) is 0.270. The van der Waals surface area contributed by atoms with Crippen LogP contribution in [0.4, 0.5) is 5.69 Å². The van der Waals surface area contributed by atoms with Crippen molar-refractivity contribution in [2.45, 2.75) is 64.8 Å². The number of aromatic amines is 1. The van der Waals surface area contributed by atoms with Crippen LogP contribution in [-0.4, -0.2) is 22.1 Å². The first-order chi connectivity index (χ1) is 9.65. The fourth-order valence-corrected chi connectivity index (χ4v) is 3.05. The third-order valence-electron chi connectivity index (χ3n) is 4.29. The van der Waals surface area contributed by atoms with Crippen LogP contribution in [0.25, 0.3) is 0 Å². The van der Waals surface area contributed by atoms with Gasteiger partial charge in [0.05, 0.1) is 11.4 Å². The van der Waals surface area contributed by atoms with E-state index in [1.807, 2.05) is 0 Å². The summed E-state index contributed by atoms with van der Waals surface area (Å²) in [4.78, 5) is 12.3. The van der Waals surface area contributed by atoms with Crippen molar-refractivity contribution in [2.75, 3.05) is 5.73 Å². The van der Waals surface area contributed by atoms with E-state index in [0.717, 1.165) is 37.3 Å². The van der Waals surface area contributed by atoms with Gasteiger partial charge >= 0.3 is 0 Å². The Hall–Kier alpha value is -1.52. The molecule has 1 aromatic heterocycles. The second kappa shape index (κ2) is 6.77. The molecular formula is C15H26N4O. The number of nitrogens with two attached hydrogens (primary N) is 1. The van der Waals surface area contributed by atoms with Crippen LogP contribution in [0.5, 0.6) is 0 Å². The molecule has 0 aromatic carbocycles. The van der Waals surface area contributed by atoms with Crippen molar-refractivity contribution in [3.8, 4) is 0 Å². The van der Waals surface area contributed by atoms with Gasteiger partial charge in [-0.1, -0.05) is 39.5 Å². The Morgan fingerprint density at radius 1 is 1.45 bits per heavy atom. The molecule has 1 fully saturated rings. The SMILES string of the molecule is CCCc1[nH]nc(C(=O)NC2CCCC(CC)C2)c1N. The van der Waals surface area contributed by atoms with Crippen molar-refractivity contribution in [1.29, 1.82) is 0 Å². The molecule has 0 saturated heterocycles. The Morgan fingerprint density at radius 2 is 2.25 bits per heavy atom. The molecule has 1 heterocycles. The van der Waals surface area contributed by atoms with Crippen molar-refractivity contribution < 1.29 is 4.79 Å². The first kappa shape index (κ1) is 14.9. The van der Waals surface area contributed by atoms with Gasteiger partial charge in [0.15, 0.2) is 5.69 Å². The minimum absolute atomic E-state index is 0.136. The van der Waals surface area contributed by atoms with Gasteiger partial charge in [-0.2, -0.15) is 5.10 Å². The molecule has 2 atom stereocenters. The molecule has 0 aliphatic heterocycles. The van der Waals surface area contributed by atoms with Gasteiger partial charge in [0.25, 0.3) is 5.91 Å². The van der Waals surface area contributed by atoms with Gasteiger partial charge in [0, 0.05) is 6.04 Å². The van der Waals surface area contributed by atoms with Crippen LogP contribution in [0.3, 0.4) is 0 Å². The molecule has 20 heavy (non-hydrogen) atoms. The van der Waals surface area contributed by atoms with Crippen LogP contribution in [0.15, 0.2) is 0 Å². The Balaban J connectivity index is 1.97. The van der Waals surface area contributed by atoms with Gasteiger partial charge in [-0.15, -0.1) is 0 Å². The smallest absolute Gasteiger partial charge is 0.274 e. The zero-order valence-electron chi connectivity index (χ0n) is 12.5. The van der Waals surface area contributed by atoms with Crippen LogP contribution in [-0.2, 0) is 6.42 Å². The number of nitrogens with one attached hydrogen (secondary N) is 2. The van der Waals surface area contributed by atoms with E-state index >= 15 is 0 Å². The molecule has 0 spiro atoms.